The third-order valence-corrected chi connectivity index (χ3v) is 3.93. The molecule has 0 saturated heterocycles. The maximum Gasteiger partial charge on any atom is 0.344 e. The number of Topliss-reactive ketones (excluding diaryl/α,β-unsaturated/α-hetero) is 1. The molecule has 2 aromatic rings. The molecule has 5 nitrogen and oxygen atoms in total. The van der Waals surface area contributed by atoms with Crippen LogP contribution in [-0.2, 0) is 9.53 Å². The van der Waals surface area contributed by atoms with Crippen LogP contribution >= 0.6 is 27.5 Å². The van der Waals surface area contributed by atoms with Crippen LogP contribution < -0.4 is 9.47 Å². The van der Waals surface area contributed by atoms with E-state index >= 15 is 0 Å². The molecule has 0 spiro atoms. The van der Waals surface area contributed by atoms with Crippen molar-refractivity contribution in [2.45, 2.75) is 0 Å². The molecule has 0 amide bonds. The highest BCUT2D eigenvalue weighted by molar-refractivity contribution is 9.10. The van der Waals surface area contributed by atoms with Gasteiger partial charge in [0.15, 0.2) is 30.6 Å². The van der Waals surface area contributed by atoms with Crippen molar-refractivity contribution in [3.8, 4) is 11.5 Å². The molecule has 0 aliphatic heterocycles. The van der Waals surface area contributed by atoms with Gasteiger partial charge in [-0.3, -0.25) is 4.79 Å². The summed E-state index contributed by atoms with van der Waals surface area (Å²) < 4.78 is 29.0. The second-order valence-electron chi connectivity index (χ2n) is 4.80. The van der Waals surface area contributed by atoms with E-state index in [-0.39, 0.29) is 17.9 Å². The first-order valence-electron chi connectivity index (χ1n) is 7.01. The summed E-state index contributed by atoms with van der Waals surface area (Å²) in [5, 5.41) is 0.513. The number of carbonyl (C=O) groups excluding carboxylic acids is 2. The van der Waals surface area contributed by atoms with E-state index in [9.17, 15) is 14.0 Å². The van der Waals surface area contributed by atoms with E-state index in [2.05, 4.69) is 15.9 Å². The SMILES string of the molecule is COc1ccc(C(=O)COC(=O)COc2ccc(Cl)cc2Br)cc1F. The van der Waals surface area contributed by atoms with Gasteiger partial charge in [-0.1, -0.05) is 11.6 Å². The zero-order valence-electron chi connectivity index (χ0n) is 13.1. The smallest absolute Gasteiger partial charge is 0.344 e. The Kier molecular flexibility index (Phi) is 6.78. The minimum Gasteiger partial charge on any atom is -0.494 e. The lowest BCUT2D eigenvalue weighted by molar-refractivity contribution is -0.144. The molecular weight excluding hydrogens is 419 g/mol. The van der Waals surface area contributed by atoms with Crippen LogP contribution in [0.3, 0.4) is 0 Å². The number of hydrogen-bond acceptors (Lipinski definition) is 5. The zero-order valence-corrected chi connectivity index (χ0v) is 15.4. The number of ether oxygens (including phenoxy) is 3. The number of benzene rings is 2. The van der Waals surface area contributed by atoms with Gasteiger partial charge in [0.2, 0.25) is 0 Å². The molecule has 0 aliphatic rings. The molecule has 2 aromatic carbocycles. The summed E-state index contributed by atoms with van der Waals surface area (Å²) in [6.45, 7) is -0.903. The Bertz CT molecular complexity index is 797. The molecule has 0 aromatic heterocycles. The van der Waals surface area contributed by atoms with E-state index in [0.29, 0.717) is 15.2 Å². The highest BCUT2D eigenvalue weighted by Gasteiger charge is 2.13. The predicted molar refractivity (Wildman–Crippen MR) is 92.9 cm³/mol. The van der Waals surface area contributed by atoms with Gasteiger partial charge in [0, 0.05) is 10.6 Å². The average molecular weight is 432 g/mol. The van der Waals surface area contributed by atoms with Crippen LogP contribution in [0.15, 0.2) is 40.9 Å². The number of methoxy groups -OCH3 is 1. The van der Waals surface area contributed by atoms with E-state index < -0.39 is 24.2 Å². The fraction of sp³-hybridized carbons (Fsp3) is 0.176. The van der Waals surface area contributed by atoms with Gasteiger partial charge in [-0.25, -0.2) is 9.18 Å². The van der Waals surface area contributed by atoms with Crippen LogP contribution in [0.5, 0.6) is 11.5 Å². The van der Waals surface area contributed by atoms with Crippen molar-refractivity contribution < 1.29 is 28.2 Å². The molecule has 25 heavy (non-hydrogen) atoms. The van der Waals surface area contributed by atoms with Gasteiger partial charge in [-0.15, -0.1) is 0 Å². The fourth-order valence-corrected chi connectivity index (χ4v) is 2.64. The number of rotatable bonds is 7. The van der Waals surface area contributed by atoms with Crippen molar-refractivity contribution in [1.29, 1.82) is 0 Å². The van der Waals surface area contributed by atoms with E-state index in [1.165, 1.54) is 19.2 Å². The number of esters is 1. The molecule has 0 fully saturated rings. The number of ketones is 1. The minimum absolute atomic E-state index is 0.0236. The summed E-state index contributed by atoms with van der Waals surface area (Å²) in [5.41, 5.74) is 0.0764. The van der Waals surface area contributed by atoms with Crippen LogP contribution in [-0.4, -0.2) is 32.1 Å². The summed E-state index contributed by atoms with van der Waals surface area (Å²) in [6.07, 6.45) is 0. The van der Waals surface area contributed by atoms with Crippen molar-refractivity contribution in [1.82, 2.24) is 0 Å². The van der Waals surface area contributed by atoms with Crippen LogP contribution in [0, 0.1) is 5.82 Å². The normalized spacial score (nSPS) is 10.2. The molecule has 0 saturated carbocycles. The standard InChI is InChI=1S/C17H13BrClFO5/c1-23-16-4-2-10(6-13(16)20)14(21)8-25-17(22)9-24-15-5-3-11(19)7-12(15)18/h2-7H,8-9H2,1H3. The quantitative estimate of drug-likeness (QED) is 0.489. The van der Waals surface area contributed by atoms with Crippen LogP contribution in [0.25, 0.3) is 0 Å². The van der Waals surface area contributed by atoms with E-state index in [4.69, 9.17) is 25.8 Å². The Morgan fingerprint density at radius 3 is 2.48 bits per heavy atom. The second-order valence-corrected chi connectivity index (χ2v) is 6.09. The Morgan fingerprint density at radius 2 is 1.84 bits per heavy atom. The molecule has 0 N–H and O–H groups in total. The lowest BCUT2D eigenvalue weighted by atomic mass is 10.1. The van der Waals surface area contributed by atoms with Gasteiger partial charge in [-0.05, 0) is 52.3 Å². The van der Waals surface area contributed by atoms with Gasteiger partial charge < -0.3 is 14.2 Å². The van der Waals surface area contributed by atoms with Crippen molar-refractivity contribution in [2.75, 3.05) is 20.3 Å². The second kappa shape index (κ2) is 8.82. The molecule has 132 valence electrons. The number of halogens is 3. The molecule has 0 radical (unpaired) electrons. The van der Waals surface area contributed by atoms with Gasteiger partial charge in [0.05, 0.1) is 11.6 Å². The molecule has 0 unspecified atom stereocenters. The highest BCUT2D eigenvalue weighted by Crippen LogP contribution is 2.27. The Balaban J connectivity index is 1.85. The summed E-state index contributed by atoms with van der Waals surface area (Å²) in [5.74, 6) is -1.51. The van der Waals surface area contributed by atoms with Crippen molar-refractivity contribution >= 4 is 39.3 Å². The molecule has 2 rings (SSSR count). The summed E-state index contributed by atoms with van der Waals surface area (Å²) >= 11 is 9.05. The maximum atomic E-state index is 13.6. The lowest BCUT2D eigenvalue weighted by Gasteiger charge is -2.09. The van der Waals surface area contributed by atoms with E-state index in [1.54, 1.807) is 18.2 Å². The molecular formula is C17H13BrClFO5. The van der Waals surface area contributed by atoms with Crippen LogP contribution in [0.4, 0.5) is 4.39 Å². The highest BCUT2D eigenvalue weighted by atomic mass is 79.9. The Hall–Kier alpha value is -2.12. The molecule has 0 heterocycles. The van der Waals surface area contributed by atoms with E-state index in [0.717, 1.165) is 6.07 Å². The Morgan fingerprint density at radius 1 is 1.12 bits per heavy atom. The summed E-state index contributed by atoms with van der Waals surface area (Å²) in [6, 6.07) is 8.55. The van der Waals surface area contributed by atoms with Gasteiger partial charge in [0.1, 0.15) is 5.75 Å². The fourth-order valence-electron chi connectivity index (χ4n) is 1.84. The number of carbonyl (C=O) groups is 2. The van der Waals surface area contributed by atoms with Crippen molar-refractivity contribution in [3.63, 3.8) is 0 Å². The summed E-state index contributed by atoms with van der Waals surface area (Å²) in [7, 11) is 1.32. The Labute approximate surface area is 156 Å². The molecule has 0 aliphatic carbocycles. The largest absolute Gasteiger partial charge is 0.494 e. The van der Waals surface area contributed by atoms with Gasteiger partial charge in [-0.2, -0.15) is 0 Å². The molecule has 8 heteroatoms. The monoisotopic (exact) mass is 430 g/mol. The van der Waals surface area contributed by atoms with E-state index in [1.807, 2.05) is 0 Å². The third-order valence-electron chi connectivity index (χ3n) is 3.08. The van der Waals surface area contributed by atoms with Gasteiger partial charge in [0.25, 0.3) is 0 Å². The molecule has 0 bridgehead atoms. The lowest BCUT2D eigenvalue weighted by Crippen LogP contribution is -2.19. The first-order chi connectivity index (χ1) is 11.9. The van der Waals surface area contributed by atoms with Crippen LogP contribution in [0.2, 0.25) is 5.02 Å². The number of hydrogen-bond donors (Lipinski definition) is 0. The zero-order chi connectivity index (χ0) is 18.4. The maximum absolute atomic E-state index is 13.6. The minimum atomic E-state index is -0.732. The van der Waals surface area contributed by atoms with Crippen molar-refractivity contribution in [2.24, 2.45) is 0 Å². The van der Waals surface area contributed by atoms with Crippen LogP contribution in [0.1, 0.15) is 10.4 Å². The average Bonchev–Trinajstić information content (AvgIpc) is 2.58. The topological polar surface area (TPSA) is 61.8 Å². The first kappa shape index (κ1) is 19.2. The van der Waals surface area contributed by atoms with Gasteiger partial charge >= 0.3 is 5.97 Å². The summed E-state index contributed by atoms with van der Waals surface area (Å²) in [4.78, 5) is 23.6. The molecule has 0 atom stereocenters. The first-order valence-corrected chi connectivity index (χ1v) is 8.18. The third kappa shape index (κ3) is 5.44. The predicted octanol–water partition coefficient (Wildman–Crippen LogP) is 4.06. The van der Waals surface area contributed by atoms with Crippen molar-refractivity contribution in [3.05, 3.63) is 57.3 Å².